The van der Waals surface area contributed by atoms with E-state index in [1.165, 1.54) is 24.0 Å². The summed E-state index contributed by atoms with van der Waals surface area (Å²) in [4.78, 5) is 0. The second-order valence-electron chi connectivity index (χ2n) is 5.55. The van der Waals surface area contributed by atoms with E-state index >= 15 is 0 Å². The van der Waals surface area contributed by atoms with Gasteiger partial charge < -0.3 is 10.1 Å². The van der Waals surface area contributed by atoms with Crippen LogP contribution in [-0.2, 0) is 17.9 Å². The molecule has 0 saturated heterocycles. The summed E-state index contributed by atoms with van der Waals surface area (Å²) in [7, 11) is 1.97. The van der Waals surface area contributed by atoms with Crippen LogP contribution in [0.25, 0.3) is 0 Å². The lowest BCUT2D eigenvalue weighted by Gasteiger charge is -2.24. The van der Waals surface area contributed by atoms with Gasteiger partial charge in [-0.25, -0.2) is 0 Å². The Morgan fingerprint density at radius 2 is 2.00 bits per heavy atom. The molecule has 2 heteroatoms. The van der Waals surface area contributed by atoms with E-state index in [0.717, 1.165) is 25.7 Å². The first-order chi connectivity index (χ1) is 9.29. The summed E-state index contributed by atoms with van der Waals surface area (Å²) >= 11 is 0. The summed E-state index contributed by atoms with van der Waals surface area (Å²) in [6.45, 7) is 4.84. The molecule has 104 valence electrons. The van der Waals surface area contributed by atoms with Crippen molar-refractivity contribution in [2.24, 2.45) is 11.8 Å². The zero-order valence-corrected chi connectivity index (χ0v) is 12.1. The Labute approximate surface area is 116 Å². The maximum Gasteiger partial charge on any atom is 0.0717 e. The molecule has 0 aliphatic heterocycles. The lowest BCUT2D eigenvalue weighted by Crippen LogP contribution is -2.19. The summed E-state index contributed by atoms with van der Waals surface area (Å²) in [5.41, 5.74) is 2.59. The predicted molar refractivity (Wildman–Crippen MR) is 79.9 cm³/mol. The Morgan fingerprint density at radius 3 is 2.79 bits per heavy atom. The van der Waals surface area contributed by atoms with Crippen LogP contribution in [0.5, 0.6) is 0 Å². The van der Waals surface area contributed by atoms with E-state index in [9.17, 15) is 0 Å². The van der Waals surface area contributed by atoms with Gasteiger partial charge in [-0.05, 0) is 42.9 Å². The molecule has 0 bridgehead atoms. The predicted octanol–water partition coefficient (Wildman–Crippen LogP) is 3.52. The summed E-state index contributed by atoms with van der Waals surface area (Å²) in [5.74, 6) is 1.44. The summed E-state index contributed by atoms with van der Waals surface area (Å²) in [5, 5.41) is 3.18. The third kappa shape index (κ3) is 4.48. The number of hydrogen-bond acceptors (Lipinski definition) is 2. The second-order valence-corrected chi connectivity index (χ2v) is 5.55. The van der Waals surface area contributed by atoms with Gasteiger partial charge in [0, 0.05) is 6.54 Å². The molecule has 0 heterocycles. The van der Waals surface area contributed by atoms with Crippen molar-refractivity contribution >= 4 is 0 Å². The average Bonchev–Trinajstić information content (AvgIpc) is 2.42. The fourth-order valence-electron chi connectivity index (χ4n) is 2.60. The molecule has 0 aromatic heterocycles. The number of rotatable bonds is 6. The van der Waals surface area contributed by atoms with Crippen LogP contribution in [0.4, 0.5) is 0 Å². The Kier molecular flexibility index (Phi) is 5.62. The average molecular weight is 259 g/mol. The van der Waals surface area contributed by atoms with Crippen LogP contribution in [0.1, 0.15) is 30.9 Å². The molecule has 0 radical (unpaired) electrons. The number of nitrogens with one attached hydrogen (secondary N) is 1. The van der Waals surface area contributed by atoms with Crippen LogP contribution >= 0.6 is 0 Å². The zero-order valence-electron chi connectivity index (χ0n) is 12.1. The summed E-state index contributed by atoms with van der Waals surface area (Å²) in [6, 6.07) is 8.62. The highest BCUT2D eigenvalue weighted by atomic mass is 16.5. The smallest absolute Gasteiger partial charge is 0.0717 e. The minimum Gasteiger partial charge on any atom is -0.376 e. The van der Waals surface area contributed by atoms with Crippen molar-refractivity contribution in [1.82, 2.24) is 5.32 Å². The first-order valence-corrected chi connectivity index (χ1v) is 7.24. The van der Waals surface area contributed by atoms with Crippen molar-refractivity contribution in [3.05, 3.63) is 47.5 Å². The Bertz CT molecular complexity index is 413. The minimum atomic E-state index is 0.686. The minimum absolute atomic E-state index is 0.686. The van der Waals surface area contributed by atoms with Gasteiger partial charge in [-0.15, -0.1) is 0 Å². The van der Waals surface area contributed by atoms with E-state index in [1.807, 2.05) is 7.05 Å². The van der Waals surface area contributed by atoms with Crippen LogP contribution < -0.4 is 5.32 Å². The molecule has 2 unspecified atom stereocenters. The highest BCUT2D eigenvalue weighted by molar-refractivity contribution is 5.22. The fourth-order valence-corrected chi connectivity index (χ4v) is 2.60. The SMILES string of the molecule is CNCc1cccc(COCC2CC=CCC2C)c1. The Balaban J connectivity index is 1.78. The van der Waals surface area contributed by atoms with Crippen molar-refractivity contribution in [3.63, 3.8) is 0 Å². The van der Waals surface area contributed by atoms with Gasteiger partial charge in [-0.3, -0.25) is 0 Å². The van der Waals surface area contributed by atoms with E-state index in [2.05, 4.69) is 48.7 Å². The molecule has 1 aliphatic rings. The molecule has 0 spiro atoms. The van der Waals surface area contributed by atoms with Crippen LogP contribution in [0.3, 0.4) is 0 Å². The van der Waals surface area contributed by atoms with Crippen molar-refractivity contribution in [3.8, 4) is 0 Å². The van der Waals surface area contributed by atoms with Gasteiger partial charge in [0.25, 0.3) is 0 Å². The molecule has 0 amide bonds. The van der Waals surface area contributed by atoms with Crippen molar-refractivity contribution < 1.29 is 4.74 Å². The fraction of sp³-hybridized carbons (Fsp3) is 0.529. The van der Waals surface area contributed by atoms with Crippen molar-refractivity contribution in [2.75, 3.05) is 13.7 Å². The van der Waals surface area contributed by atoms with Gasteiger partial charge in [0.15, 0.2) is 0 Å². The maximum atomic E-state index is 5.91. The summed E-state index contributed by atoms with van der Waals surface area (Å²) < 4.78 is 5.91. The maximum absolute atomic E-state index is 5.91. The molecule has 2 atom stereocenters. The van der Waals surface area contributed by atoms with Crippen molar-refractivity contribution in [2.45, 2.75) is 32.9 Å². The monoisotopic (exact) mass is 259 g/mol. The number of ether oxygens (including phenoxy) is 1. The first kappa shape index (κ1) is 14.3. The second kappa shape index (κ2) is 7.46. The zero-order chi connectivity index (χ0) is 13.5. The van der Waals surface area contributed by atoms with Crippen LogP contribution in [-0.4, -0.2) is 13.7 Å². The molecular formula is C17H25NO. The summed E-state index contributed by atoms with van der Waals surface area (Å²) in [6.07, 6.45) is 6.95. The molecule has 1 aromatic carbocycles. The lowest BCUT2D eigenvalue weighted by atomic mass is 9.85. The van der Waals surface area contributed by atoms with Gasteiger partial charge in [-0.1, -0.05) is 43.3 Å². The Morgan fingerprint density at radius 1 is 1.21 bits per heavy atom. The number of hydrogen-bond donors (Lipinski definition) is 1. The third-order valence-electron chi connectivity index (χ3n) is 3.89. The number of benzene rings is 1. The van der Waals surface area contributed by atoms with Gasteiger partial charge in [0.1, 0.15) is 0 Å². The normalized spacial score (nSPS) is 22.6. The molecule has 1 N–H and O–H groups in total. The highest BCUT2D eigenvalue weighted by Gasteiger charge is 2.18. The third-order valence-corrected chi connectivity index (χ3v) is 3.89. The molecule has 2 rings (SSSR count). The van der Waals surface area contributed by atoms with Gasteiger partial charge in [0.2, 0.25) is 0 Å². The topological polar surface area (TPSA) is 21.3 Å². The quantitative estimate of drug-likeness (QED) is 0.789. The molecule has 19 heavy (non-hydrogen) atoms. The largest absolute Gasteiger partial charge is 0.376 e. The molecule has 1 aromatic rings. The standard InChI is InChI=1S/C17H25NO/c1-14-6-3-4-9-17(14)13-19-12-16-8-5-7-15(10-16)11-18-2/h3-5,7-8,10,14,17-18H,6,9,11-13H2,1-2H3. The molecule has 0 fully saturated rings. The first-order valence-electron chi connectivity index (χ1n) is 7.24. The molecule has 2 nitrogen and oxygen atoms in total. The van der Waals surface area contributed by atoms with Crippen LogP contribution in [0.15, 0.2) is 36.4 Å². The van der Waals surface area contributed by atoms with Crippen molar-refractivity contribution in [1.29, 1.82) is 0 Å². The van der Waals surface area contributed by atoms with E-state index < -0.39 is 0 Å². The molecule has 1 aliphatic carbocycles. The number of allylic oxidation sites excluding steroid dienone is 2. The van der Waals surface area contributed by atoms with Gasteiger partial charge in [0.05, 0.1) is 13.2 Å². The van der Waals surface area contributed by atoms with E-state index in [1.54, 1.807) is 0 Å². The highest BCUT2D eigenvalue weighted by Crippen LogP contribution is 2.25. The van der Waals surface area contributed by atoms with E-state index in [4.69, 9.17) is 4.74 Å². The van der Waals surface area contributed by atoms with Crippen LogP contribution in [0.2, 0.25) is 0 Å². The van der Waals surface area contributed by atoms with Gasteiger partial charge >= 0.3 is 0 Å². The lowest BCUT2D eigenvalue weighted by molar-refractivity contribution is 0.0680. The molecular weight excluding hydrogens is 234 g/mol. The van der Waals surface area contributed by atoms with Crippen LogP contribution in [0, 0.1) is 11.8 Å². The van der Waals surface area contributed by atoms with Gasteiger partial charge in [-0.2, -0.15) is 0 Å². The molecule has 0 saturated carbocycles. The van der Waals surface area contributed by atoms with E-state index in [-0.39, 0.29) is 0 Å². The Hall–Kier alpha value is -1.12. The van der Waals surface area contributed by atoms with E-state index in [0.29, 0.717) is 5.92 Å².